The molecule has 196 valence electrons. The first-order valence-corrected chi connectivity index (χ1v) is 14.0. The SMILES string of the molecule is CCN(Cc1ccccc1)C(=O)C1CCN(C[C@@H]2CCN(Cc3ccccc3)C2)CC1.c1ccccc1. The van der Waals surface area contributed by atoms with Gasteiger partial charge in [0.25, 0.3) is 0 Å². The van der Waals surface area contributed by atoms with Crippen LogP contribution in [0.4, 0.5) is 0 Å². The molecule has 37 heavy (non-hydrogen) atoms. The molecule has 3 aromatic rings. The lowest BCUT2D eigenvalue weighted by molar-refractivity contribution is -0.137. The van der Waals surface area contributed by atoms with E-state index in [2.05, 4.69) is 71.3 Å². The molecule has 4 nitrogen and oxygen atoms in total. The summed E-state index contributed by atoms with van der Waals surface area (Å²) in [6, 6.07) is 33.2. The van der Waals surface area contributed by atoms with Crippen LogP contribution < -0.4 is 0 Å². The van der Waals surface area contributed by atoms with E-state index in [1.807, 2.05) is 47.4 Å². The van der Waals surface area contributed by atoms with E-state index in [0.717, 1.165) is 51.5 Å². The second-order valence-electron chi connectivity index (χ2n) is 10.4. The van der Waals surface area contributed by atoms with Gasteiger partial charge in [-0.25, -0.2) is 0 Å². The van der Waals surface area contributed by atoms with Crippen molar-refractivity contribution in [2.24, 2.45) is 11.8 Å². The first kappa shape index (κ1) is 27.1. The zero-order chi connectivity index (χ0) is 25.7. The third kappa shape index (κ3) is 8.84. The highest BCUT2D eigenvalue weighted by Gasteiger charge is 2.30. The van der Waals surface area contributed by atoms with E-state index in [4.69, 9.17) is 0 Å². The Morgan fingerprint density at radius 3 is 1.81 bits per heavy atom. The number of amides is 1. The molecule has 2 aliphatic rings. The monoisotopic (exact) mass is 497 g/mol. The Hall–Kier alpha value is -2.95. The highest BCUT2D eigenvalue weighted by molar-refractivity contribution is 5.79. The molecule has 1 atom stereocenters. The van der Waals surface area contributed by atoms with Crippen LogP contribution in [-0.4, -0.2) is 59.9 Å². The molecule has 1 amide bonds. The third-order valence-electron chi connectivity index (χ3n) is 7.65. The summed E-state index contributed by atoms with van der Waals surface area (Å²) in [7, 11) is 0. The van der Waals surface area contributed by atoms with Crippen LogP contribution in [0.2, 0.25) is 0 Å². The smallest absolute Gasteiger partial charge is 0.226 e. The maximum Gasteiger partial charge on any atom is 0.226 e. The Labute approximate surface area is 223 Å². The molecule has 0 aliphatic carbocycles. The van der Waals surface area contributed by atoms with Crippen molar-refractivity contribution in [3.05, 3.63) is 108 Å². The van der Waals surface area contributed by atoms with Crippen LogP contribution >= 0.6 is 0 Å². The number of carbonyl (C=O) groups is 1. The number of nitrogens with zero attached hydrogens (tertiary/aromatic N) is 3. The Kier molecular flexibility index (Phi) is 10.8. The van der Waals surface area contributed by atoms with E-state index in [0.29, 0.717) is 5.91 Å². The standard InChI is InChI=1S/C27H37N3O.C6H6/c1-2-30(22-24-11-7-4-8-12-24)27(31)26-14-17-28(18-15-26)20-25-13-16-29(21-25)19-23-9-5-3-6-10-23;1-2-4-6-5-3-1/h3-12,25-26H,2,13-22H2,1H3;1-6H/t25-;/m0./s1. The summed E-state index contributed by atoms with van der Waals surface area (Å²) in [5.41, 5.74) is 2.63. The minimum absolute atomic E-state index is 0.193. The van der Waals surface area contributed by atoms with Gasteiger partial charge in [0.1, 0.15) is 0 Å². The van der Waals surface area contributed by atoms with Gasteiger partial charge in [0, 0.05) is 38.6 Å². The van der Waals surface area contributed by atoms with Crippen LogP contribution in [0, 0.1) is 11.8 Å². The number of piperidine rings is 1. The first-order chi connectivity index (χ1) is 18.2. The molecule has 4 heteroatoms. The van der Waals surface area contributed by atoms with E-state index in [-0.39, 0.29) is 5.92 Å². The quantitative estimate of drug-likeness (QED) is 0.384. The molecule has 2 heterocycles. The molecular formula is C33H43N3O. The predicted molar refractivity (Wildman–Crippen MR) is 153 cm³/mol. The average Bonchev–Trinajstić information content (AvgIpc) is 3.40. The minimum Gasteiger partial charge on any atom is -0.338 e. The fourth-order valence-corrected chi connectivity index (χ4v) is 5.57. The Morgan fingerprint density at radius 1 is 0.730 bits per heavy atom. The van der Waals surface area contributed by atoms with Crippen LogP contribution in [0.25, 0.3) is 0 Å². The lowest BCUT2D eigenvalue weighted by atomic mass is 9.94. The largest absolute Gasteiger partial charge is 0.338 e. The van der Waals surface area contributed by atoms with Gasteiger partial charge >= 0.3 is 0 Å². The first-order valence-electron chi connectivity index (χ1n) is 14.0. The van der Waals surface area contributed by atoms with Gasteiger partial charge in [-0.3, -0.25) is 9.69 Å². The molecule has 0 saturated carbocycles. The van der Waals surface area contributed by atoms with Gasteiger partial charge in [-0.1, -0.05) is 97.1 Å². The Balaban J connectivity index is 0.000000469. The summed E-state index contributed by atoms with van der Waals surface area (Å²) in [6.45, 7) is 10.4. The molecule has 0 aromatic heterocycles. The third-order valence-corrected chi connectivity index (χ3v) is 7.65. The van der Waals surface area contributed by atoms with Crippen LogP contribution in [0.3, 0.4) is 0 Å². The van der Waals surface area contributed by atoms with E-state index >= 15 is 0 Å². The lowest BCUT2D eigenvalue weighted by Crippen LogP contribution is -2.43. The molecule has 0 spiro atoms. The van der Waals surface area contributed by atoms with Crippen molar-refractivity contribution in [2.45, 2.75) is 39.3 Å². The number of likely N-dealkylation sites (tertiary alicyclic amines) is 2. The zero-order valence-electron chi connectivity index (χ0n) is 22.4. The number of benzene rings is 3. The van der Waals surface area contributed by atoms with Crippen LogP contribution in [0.15, 0.2) is 97.1 Å². The van der Waals surface area contributed by atoms with Crippen molar-refractivity contribution < 1.29 is 4.79 Å². The van der Waals surface area contributed by atoms with Gasteiger partial charge in [-0.05, 0) is 62.9 Å². The molecule has 2 fully saturated rings. The molecular weight excluding hydrogens is 454 g/mol. The number of hydrogen-bond donors (Lipinski definition) is 0. The van der Waals surface area contributed by atoms with Gasteiger partial charge < -0.3 is 9.80 Å². The molecule has 2 aliphatic heterocycles. The van der Waals surface area contributed by atoms with Gasteiger partial charge in [0.05, 0.1) is 0 Å². The van der Waals surface area contributed by atoms with Gasteiger partial charge in [0.15, 0.2) is 0 Å². The fraction of sp³-hybridized carbons (Fsp3) is 0.424. The minimum atomic E-state index is 0.193. The summed E-state index contributed by atoms with van der Waals surface area (Å²) in [4.78, 5) is 20.3. The Morgan fingerprint density at radius 2 is 1.24 bits per heavy atom. The summed E-state index contributed by atoms with van der Waals surface area (Å²) >= 11 is 0. The topological polar surface area (TPSA) is 26.8 Å². The molecule has 0 unspecified atom stereocenters. The average molecular weight is 498 g/mol. The molecule has 3 aromatic carbocycles. The highest BCUT2D eigenvalue weighted by Crippen LogP contribution is 2.25. The number of carbonyl (C=O) groups excluding carboxylic acids is 1. The van der Waals surface area contributed by atoms with Crippen molar-refractivity contribution >= 4 is 5.91 Å². The molecule has 0 N–H and O–H groups in total. The maximum atomic E-state index is 13.1. The number of hydrogen-bond acceptors (Lipinski definition) is 3. The zero-order valence-corrected chi connectivity index (χ0v) is 22.4. The van der Waals surface area contributed by atoms with E-state index in [9.17, 15) is 4.79 Å². The fourth-order valence-electron chi connectivity index (χ4n) is 5.57. The van der Waals surface area contributed by atoms with Crippen molar-refractivity contribution in [3.63, 3.8) is 0 Å². The van der Waals surface area contributed by atoms with E-state index in [1.165, 1.54) is 37.2 Å². The van der Waals surface area contributed by atoms with E-state index in [1.54, 1.807) is 0 Å². The summed E-state index contributed by atoms with van der Waals surface area (Å²) in [5, 5.41) is 0. The van der Waals surface area contributed by atoms with Crippen LogP contribution in [-0.2, 0) is 17.9 Å². The normalized spacial score (nSPS) is 18.7. The summed E-state index contributed by atoms with van der Waals surface area (Å²) < 4.78 is 0. The molecule has 5 rings (SSSR count). The molecule has 0 bridgehead atoms. The second kappa shape index (κ2) is 14.7. The second-order valence-corrected chi connectivity index (χ2v) is 10.4. The maximum absolute atomic E-state index is 13.1. The van der Waals surface area contributed by atoms with E-state index < -0.39 is 0 Å². The van der Waals surface area contributed by atoms with Crippen molar-refractivity contribution in [3.8, 4) is 0 Å². The van der Waals surface area contributed by atoms with Crippen molar-refractivity contribution in [1.29, 1.82) is 0 Å². The molecule has 0 radical (unpaired) electrons. The summed E-state index contributed by atoms with van der Waals surface area (Å²) in [6.07, 6.45) is 3.31. The van der Waals surface area contributed by atoms with Gasteiger partial charge in [-0.2, -0.15) is 0 Å². The Bertz CT molecular complexity index is 993. The number of rotatable bonds is 8. The van der Waals surface area contributed by atoms with Crippen molar-refractivity contribution in [1.82, 2.24) is 14.7 Å². The highest BCUT2D eigenvalue weighted by atomic mass is 16.2. The predicted octanol–water partition coefficient (Wildman–Crippen LogP) is 5.96. The van der Waals surface area contributed by atoms with Crippen molar-refractivity contribution in [2.75, 3.05) is 39.3 Å². The van der Waals surface area contributed by atoms with Crippen LogP contribution in [0.5, 0.6) is 0 Å². The van der Waals surface area contributed by atoms with Crippen LogP contribution in [0.1, 0.15) is 37.3 Å². The van der Waals surface area contributed by atoms with Gasteiger partial charge in [0.2, 0.25) is 5.91 Å². The van der Waals surface area contributed by atoms with Gasteiger partial charge in [-0.15, -0.1) is 0 Å². The summed E-state index contributed by atoms with van der Waals surface area (Å²) in [5.74, 6) is 1.31. The lowest BCUT2D eigenvalue weighted by Gasteiger charge is -2.35. The molecule has 2 saturated heterocycles.